The molecule has 5 heteroatoms. The molecule has 2 saturated heterocycles. The van der Waals surface area contributed by atoms with E-state index in [9.17, 15) is 4.79 Å². The lowest BCUT2D eigenvalue weighted by Crippen LogP contribution is -2.47. The second kappa shape index (κ2) is 6.05. The number of carbonyl (C=O) groups excluding carboxylic acids is 1. The average molecular weight is 301 g/mol. The maximum atomic E-state index is 11.4. The predicted octanol–water partition coefficient (Wildman–Crippen LogP) is 1.79. The van der Waals surface area contributed by atoms with Crippen LogP contribution in [0.3, 0.4) is 0 Å². The van der Waals surface area contributed by atoms with Crippen molar-refractivity contribution < 1.29 is 14.1 Å². The number of rotatable bonds is 2. The monoisotopic (exact) mass is 301 g/mol. The van der Waals surface area contributed by atoms with Crippen LogP contribution in [0.4, 0.5) is 0 Å². The Bertz CT molecular complexity index is 533. The highest BCUT2D eigenvalue weighted by Crippen LogP contribution is 2.27. The summed E-state index contributed by atoms with van der Waals surface area (Å²) in [5.41, 5.74) is 2.46. The molecule has 118 valence electrons. The molecule has 0 N–H and O–H groups in total. The van der Waals surface area contributed by atoms with Gasteiger partial charge < -0.3 is 14.2 Å². The summed E-state index contributed by atoms with van der Waals surface area (Å²) in [7, 11) is -0.251. The van der Waals surface area contributed by atoms with Gasteiger partial charge in [0.05, 0.1) is 0 Å². The van der Waals surface area contributed by atoms with Crippen LogP contribution >= 0.6 is 0 Å². The summed E-state index contributed by atoms with van der Waals surface area (Å²) in [5, 5.41) is 0. The largest absolute Gasteiger partial charge is 0.493 e. The minimum atomic E-state index is -0.251. The number of benzene rings is 1. The molecule has 0 aliphatic carbocycles. The number of nitrogens with zero attached hydrogens (tertiary/aromatic N) is 1. The van der Waals surface area contributed by atoms with Gasteiger partial charge in [-0.25, -0.2) is 0 Å². The first-order valence-corrected chi connectivity index (χ1v) is 8.03. The number of hydrogen-bond acceptors (Lipinski definition) is 3. The fourth-order valence-electron chi connectivity index (χ4n) is 3.13. The molecule has 0 unspecified atom stereocenters. The van der Waals surface area contributed by atoms with Gasteiger partial charge in [0.15, 0.2) is 0 Å². The quantitative estimate of drug-likeness (QED) is 0.782. The SMILES string of the molecule is CC(=O)N1CC[C@H](c2ccc(B3OCC(C)(C)CO3)cc2)C1. The van der Waals surface area contributed by atoms with Gasteiger partial charge in [0.25, 0.3) is 0 Å². The minimum absolute atomic E-state index is 0.0937. The van der Waals surface area contributed by atoms with Crippen molar-refractivity contribution in [1.29, 1.82) is 0 Å². The molecule has 0 saturated carbocycles. The third kappa shape index (κ3) is 3.36. The van der Waals surface area contributed by atoms with Crippen LogP contribution in [-0.2, 0) is 14.1 Å². The van der Waals surface area contributed by atoms with Crippen LogP contribution in [0.1, 0.15) is 38.7 Å². The van der Waals surface area contributed by atoms with Crippen LogP contribution in [0, 0.1) is 5.41 Å². The molecule has 2 fully saturated rings. The van der Waals surface area contributed by atoms with Gasteiger partial charge in [0.1, 0.15) is 0 Å². The number of carbonyl (C=O) groups is 1. The highest BCUT2D eigenvalue weighted by Gasteiger charge is 2.33. The van der Waals surface area contributed by atoms with Crippen molar-refractivity contribution in [3.63, 3.8) is 0 Å². The molecule has 2 aliphatic rings. The molecule has 1 atom stereocenters. The lowest BCUT2D eigenvalue weighted by atomic mass is 9.75. The van der Waals surface area contributed by atoms with Crippen LogP contribution in [0.2, 0.25) is 0 Å². The molecule has 0 aromatic heterocycles. The third-order valence-corrected chi connectivity index (χ3v) is 4.56. The van der Waals surface area contributed by atoms with E-state index in [0.29, 0.717) is 5.92 Å². The average Bonchev–Trinajstić information content (AvgIpc) is 2.97. The number of likely N-dealkylation sites (tertiary alicyclic amines) is 1. The van der Waals surface area contributed by atoms with E-state index in [0.717, 1.165) is 38.2 Å². The van der Waals surface area contributed by atoms with Gasteiger partial charge in [-0.15, -0.1) is 0 Å². The first-order valence-electron chi connectivity index (χ1n) is 8.03. The maximum absolute atomic E-state index is 11.4. The lowest BCUT2D eigenvalue weighted by molar-refractivity contribution is -0.127. The molecule has 0 spiro atoms. The van der Waals surface area contributed by atoms with Gasteiger partial charge in [-0.1, -0.05) is 38.1 Å². The Labute approximate surface area is 132 Å². The Balaban J connectivity index is 1.63. The molecule has 22 heavy (non-hydrogen) atoms. The van der Waals surface area contributed by atoms with Crippen LogP contribution in [-0.4, -0.2) is 44.2 Å². The summed E-state index contributed by atoms with van der Waals surface area (Å²) in [6.07, 6.45) is 1.05. The van der Waals surface area contributed by atoms with Crippen molar-refractivity contribution in [3.8, 4) is 0 Å². The fourth-order valence-corrected chi connectivity index (χ4v) is 3.13. The normalized spacial score (nSPS) is 24.6. The van der Waals surface area contributed by atoms with Crippen molar-refractivity contribution >= 4 is 18.5 Å². The zero-order valence-electron chi connectivity index (χ0n) is 13.7. The van der Waals surface area contributed by atoms with Gasteiger partial charge >= 0.3 is 7.12 Å². The van der Waals surface area contributed by atoms with E-state index in [1.165, 1.54) is 5.56 Å². The molecule has 1 aromatic carbocycles. The third-order valence-electron chi connectivity index (χ3n) is 4.56. The molecular weight excluding hydrogens is 277 g/mol. The molecule has 0 bridgehead atoms. The predicted molar refractivity (Wildman–Crippen MR) is 87.1 cm³/mol. The van der Waals surface area contributed by atoms with Crippen LogP contribution in [0.5, 0.6) is 0 Å². The second-order valence-electron chi connectivity index (χ2n) is 7.24. The van der Waals surface area contributed by atoms with Gasteiger partial charge in [-0.3, -0.25) is 4.79 Å². The Morgan fingerprint density at radius 1 is 1.23 bits per heavy atom. The summed E-state index contributed by atoms with van der Waals surface area (Å²) >= 11 is 0. The van der Waals surface area contributed by atoms with E-state index >= 15 is 0 Å². The van der Waals surface area contributed by atoms with E-state index < -0.39 is 0 Å². The van der Waals surface area contributed by atoms with E-state index in [2.05, 4.69) is 38.1 Å². The zero-order valence-corrected chi connectivity index (χ0v) is 13.7. The van der Waals surface area contributed by atoms with Crippen molar-refractivity contribution in [2.24, 2.45) is 5.41 Å². The molecular formula is C17H24BNO3. The minimum Gasteiger partial charge on any atom is -0.407 e. The van der Waals surface area contributed by atoms with Crippen molar-refractivity contribution in [1.82, 2.24) is 4.90 Å². The van der Waals surface area contributed by atoms with E-state index in [4.69, 9.17) is 9.31 Å². The first-order chi connectivity index (χ1) is 10.4. The van der Waals surface area contributed by atoms with E-state index in [1.54, 1.807) is 6.92 Å². The van der Waals surface area contributed by atoms with Crippen LogP contribution < -0.4 is 5.46 Å². The first kappa shape index (κ1) is 15.6. The van der Waals surface area contributed by atoms with Crippen molar-refractivity contribution in [2.45, 2.75) is 33.1 Å². The van der Waals surface area contributed by atoms with Gasteiger partial charge in [-0.05, 0) is 17.4 Å². The second-order valence-corrected chi connectivity index (χ2v) is 7.24. The topological polar surface area (TPSA) is 38.8 Å². The van der Waals surface area contributed by atoms with Crippen molar-refractivity contribution in [3.05, 3.63) is 29.8 Å². The van der Waals surface area contributed by atoms with Gasteiger partial charge in [-0.2, -0.15) is 0 Å². The molecule has 1 aromatic rings. The molecule has 2 aliphatic heterocycles. The van der Waals surface area contributed by atoms with E-state index in [1.807, 2.05) is 4.90 Å². The summed E-state index contributed by atoms with van der Waals surface area (Å²) in [5.74, 6) is 0.621. The smallest absolute Gasteiger partial charge is 0.407 e. The Kier molecular flexibility index (Phi) is 4.28. The Morgan fingerprint density at radius 3 is 2.41 bits per heavy atom. The summed E-state index contributed by atoms with van der Waals surface area (Å²) in [6.45, 7) is 9.07. The fraction of sp³-hybridized carbons (Fsp3) is 0.588. The van der Waals surface area contributed by atoms with Gasteiger partial charge in [0.2, 0.25) is 5.91 Å². The number of hydrogen-bond donors (Lipinski definition) is 0. The molecule has 2 heterocycles. The Morgan fingerprint density at radius 2 is 1.86 bits per heavy atom. The highest BCUT2D eigenvalue weighted by molar-refractivity contribution is 6.61. The summed E-state index contributed by atoms with van der Waals surface area (Å²) < 4.78 is 11.6. The maximum Gasteiger partial charge on any atom is 0.493 e. The molecule has 4 nitrogen and oxygen atoms in total. The summed E-state index contributed by atoms with van der Waals surface area (Å²) in [6, 6.07) is 8.48. The van der Waals surface area contributed by atoms with Gasteiger partial charge in [0, 0.05) is 44.6 Å². The molecule has 0 radical (unpaired) electrons. The summed E-state index contributed by atoms with van der Waals surface area (Å²) in [4.78, 5) is 13.4. The Hall–Kier alpha value is -1.33. The van der Waals surface area contributed by atoms with Crippen LogP contribution in [0.25, 0.3) is 0 Å². The van der Waals surface area contributed by atoms with Crippen LogP contribution in [0.15, 0.2) is 24.3 Å². The zero-order chi connectivity index (χ0) is 15.7. The lowest BCUT2D eigenvalue weighted by Gasteiger charge is -2.33. The number of amides is 1. The molecule has 3 rings (SSSR count). The highest BCUT2D eigenvalue weighted by atomic mass is 16.6. The van der Waals surface area contributed by atoms with Crippen molar-refractivity contribution in [2.75, 3.05) is 26.3 Å². The molecule has 1 amide bonds. The standard InChI is InChI=1S/C17H24BNO3/c1-13(20)19-9-8-15(10-19)14-4-6-16(7-5-14)18-21-11-17(2,3)12-22-18/h4-7,15H,8-12H2,1-3H3/t15-/m0/s1. The van der Waals surface area contributed by atoms with E-state index in [-0.39, 0.29) is 18.4 Å².